The molecule has 1 aromatic heterocycles. The third-order valence-corrected chi connectivity index (χ3v) is 2.83. The normalized spacial score (nSPS) is 10.6. The van der Waals surface area contributed by atoms with Crippen LogP contribution in [-0.4, -0.2) is 14.8 Å². The Kier molecular flexibility index (Phi) is 4.34. The average Bonchev–Trinajstić information content (AvgIpc) is 2.85. The van der Waals surface area contributed by atoms with Crippen molar-refractivity contribution in [3.8, 4) is 5.75 Å². The zero-order chi connectivity index (χ0) is 12.8. The number of benzene rings is 1. The van der Waals surface area contributed by atoms with E-state index in [1.54, 1.807) is 6.33 Å². The minimum atomic E-state index is 0.464. The van der Waals surface area contributed by atoms with Gasteiger partial charge in [-0.05, 0) is 30.5 Å². The molecule has 0 spiro atoms. The molecular weight excluding hydrogens is 226 g/mol. The minimum Gasteiger partial charge on any atom is -0.486 e. The molecule has 0 fully saturated rings. The molecule has 2 rings (SSSR count). The van der Waals surface area contributed by atoms with E-state index in [9.17, 15) is 0 Å². The summed E-state index contributed by atoms with van der Waals surface area (Å²) in [5, 5.41) is 4.17. The van der Waals surface area contributed by atoms with Crippen LogP contribution in [0.2, 0.25) is 0 Å². The molecule has 0 saturated heterocycles. The van der Waals surface area contributed by atoms with Crippen molar-refractivity contribution in [2.24, 2.45) is 0 Å². The first-order valence-electron chi connectivity index (χ1n) is 6.42. The van der Waals surface area contributed by atoms with E-state index in [0.717, 1.165) is 31.0 Å². The Morgan fingerprint density at radius 3 is 2.61 bits per heavy atom. The molecule has 96 valence electrons. The standard InChI is InChI=1S/C14H19N3O/c1-3-9-17-14(15-11-16-17)10-18-13-7-5-12(4-2)6-8-13/h5-8,11H,3-4,9-10H2,1-2H3. The predicted octanol–water partition coefficient (Wildman–Crippen LogP) is 2.83. The van der Waals surface area contributed by atoms with Crippen LogP contribution < -0.4 is 4.74 Å². The van der Waals surface area contributed by atoms with Crippen molar-refractivity contribution in [2.75, 3.05) is 0 Å². The minimum absolute atomic E-state index is 0.464. The van der Waals surface area contributed by atoms with Crippen LogP contribution in [0.25, 0.3) is 0 Å². The van der Waals surface area contributed by atoms with E-state index >= 15 is 0 Å². The highest BCUT2D eigenvalue weighted by Gasteiger charge is 2.04. The largest absolute Gasteiger partial charge is 0.486 e. The van der Waals surface area contributed by atoms with Crippen molar-refractivity contribution in [3.05, 3.63) is 42.0 Å². The molecule has 4 nitrogen and oxygen atoms in total. The number of nitrogens with zero attached hydrogens (tertiary/aromatic N) is 3. The van der Waals surface area contributed by atoms with Gasteiger partial charge in [0.15, 0.2) is 5.82 Å². The lowest BCUT2D eigenvalue weighted by Crippen LogP contribution is -2.08. The number of rotatable bonds is 6. The Labute approximate surface area is 108 Å². The highest BCUT2D eigenvalue weighted by molar-refractivity contribution is 5.27. The second-order valence-corrected chi connectivity index (χ2v) is 4.19. The summed E-state index contributed by atoms with van der Waals surface area (Å²) in [6, 6.07) is 8.18. The van der Waals surface area contributed by atoms with Crippen LogP contribution in [0.5, 0.6) is 5.75 Å². The van der Waals surface area contributed by atoms with Crippen LogP contribution in [0.4, 0.5) is 0 Å². The molecule has 0 aliphatic carbocycles. The van der Waals surface area contributed by atoms with Crippen LogP contribution in [0.3, 0.4) is 0 Å². The highest BCUT2D eigenvalue weighted by atomic mass is 16.5. The molecule has 0 unspecified atom stereocenters. The zero-order valence-electron chi connectivity index (χ0n) is 11.0. The van der Waals surface area contributed by atoms with E-state index in [1.807, 2.05) is 16.8 Å². The van der Waals surface area contributed by atoms with Crippen molar-refractivity contribution in [1.29, 1.82) is 0 Å². The van der Waals surface area contributed by atoms with Gasteiger partial charge in [-0.3, -0.25) is 0 Å². The van der Waals surface area contributed by atoms with Gasteiger partial charge in [0, 0.05) is 6.54 Å². The molecule has 0 aliphatic rings. The third kappa shape index (κ3) is 3.09. The Bertz CT molecular complexity index is 476. The SMILES string of the molecule is CCCn1ncnc1COc1ccc(CC)cc1. The number of ether oxygens (including phenoxy) is 1. The van der Waals surface area contributed by atoms with Crippen molar-refractivity contribution in [3.63, 3.8) is 0 Å². The Hall–Kier alpha value is -1.84. The maximum Gasteiger partial charge on any atom is 0.164 e. The van der Waals surface area contributed by atoms with Gasteiger partial charge in [0.05, 0.1) is 0 Å². The Morgan fingerprint density at radius 1 is 1.17 bits per heavy atom. The summed E-state index contributed by atoms with van der Waals surface area (Å²) in [4.78, 5) is 4.21. The molecule has 4 heteroatoms. The second-order valence-electron chi connectivity index (χ2n) is 4.19. The molecule has 0 N–H and O–H groups in total. The molecule has 0 saturated carbocycles. The Balaban J connectivity index is 1.95. The van der Waals surface area contributed by atoms with Crippen LogP contribution in [0.1, 0.15) is 31.7 Å². The van der Waals surface area contributed by atoms with Crippen LogP contribution in [-0.2, 0) is 19.6 Å². The van der Waals surface area contributed by atoms with Gasteiger partial charge in [0.25, 0.3) is 0 Å². The lowest BCUT2D eigenvalue weighted by atomic mass is 10.2. The number of hydrogen-bond acceptors (Lipinski definition) is 3. The summed E-state index contributed by atoms with van der Waals surface area (Å²) in [6.07, 6.45) is 3.67. The van der Waals surface area contributed by atoms with E-state index in [4.69, 9.17) is 4.74 Å². The van der Waals surface area contributed by atoms with E-state index in [1.165, 1.54) is 5.56 Å². The van der Waals surface area contributed by atoms with Gasteiger partial charge in [-0.1, -0.05) is 26.0 Å². The fraction of sp³-hybridized carbons (Fsp3) is 0.429. The van der Waals surface area contributed by atoms with Gasteiger partial charge in [0.1, 0.15) is 18.7 Å². The molecule has 0 atom stereocenters. The van der Waals surface area contributed by atoms with E-state index in [0.29, 0.717) is 6.61 Å². The van der Waals surface area contributed by atoms with E-state index < -0.39 is 0 Å². The molecule has 2 aromatic rings. The fourth-order valence-electron chi connectivity index (χ4n) is 1.77. The summed E-state index contributed by atoms with van der Waals surface area (Å²) in [5.41, 5.74) is 1.32. The fourth-order valence-corrected chi connectivity index (χ4v) is 1.77. The maximum absolute atomic E-state index is 5.71. The van der Waals surface area contributed by atoms with Gasteiger partial charge < -0.3 is 4.74 Å². The maximum atomic E-state index is 5.71. The van der Waals surface area contributed by atoms with Crippen molar-refractivity contribution in [1.82, 2.24) is 14.8 Å². The van der Waals surface area contributed by atoms with Crippen molar-refractivity contribution >= 4 is 0 Å². The summed E-state index contributed by atoms with van der Waals surface area (Å²) in [5.74, 6) is 1.75. The van der Waals surface area contributed by atoms with Gasteiger partial charge >= 0.3 is 0 Å². The first-order chi connectivity index (χ1) is 8.83. The topological polar surface area (TPSA) is 39.9 Å². The summed E-state index contributed by atoms with van der Waals surface area (Å²) >= 11 is 0. The number of hydrogen-bond donors (Lipinski definition) is 0. The van der Waals surface area contributed by atoms with Crippen molar-refractivity contribution in [2.45, 2.75) is 39.8 Å². The van der Waals surface area contributed by atoms with Crippen molar-refractivity contribution < 1.29 is 4.74 Å². The lowest BCUT2D eigenvalue weighted by Gasteiger charge is -2.07. The average molecular weight is 245 g/mol. The molecule has 18 heavy (non-hydrogen) atoms. The first-order valence-corrected chi connectivity index (χ1v) is 6.42. The third-order valence-electron chi connectivity index (χ3n) is 2.83. The van der Waals surface area contributed by atoms with Gasteiger partial charge in [-0.25, -0.2) is 9.67 Å². The molecule has 0 bridgehead atoms. The molecule has 0 amide bonds. The summed E-state index contributed by atoms with van der Waals surface area (Å²) in [6.45, 7) is 5.61. The van der Waals surface area contributed by atoms with Gasteiger partial charge in [-0.2, -0.15) is 5.10 Å². The smallest absolute Gasteiger partial charge is 0.164 e. The molecule has 0 radical (unpaired) electrons. The molecule has 1 heterocycles. The zero-order valence-corrected chi connectivity index (χ0v) is 11.0. The first kappa shape index (κ1) is 12.6. The monoisotopic (exact) mass is 245 g/mol. The van der Waals surface area contributed by atoms with Gasteiger partial charge in [0.2, 0.25) is 0 Å². The predicted molar refractivity (Wildman–Crippen MR) is 70.5 cm³/mol. The second kappa shape index (κ2) is 6.19. The molecular formula is C14H19N3O. The lowest BCUT2D eigenvalue weighted by molar-refractivity contribution is 0.286. The summed E-state index contributed by atoms with van der Waals surface area (Å²) in [7, 11) is 0. The molecule has 0 aliphatic heterocycles. The Morgan fingerprint density at radius 2 is 1.94 bits per heavy atom. The number of aryl methyl sites for hydroxylation is 2. The quantitative estimate of drug-likeness (QED) is 0.785. The van der Waals surface area contributed by atoms with Crippen LogP contribution in [0, 0.1) is 0 Å². The van der Waals surface area contributed by atoms with Crippen LogP contribution >= 0.6 is 0 Å². The van der Waals surface area contributed by atoms with E-state index in [-0.39, 0.29) is 0 Å². The van der Waals surface area contributed by atoms with E-state index in [2.05, 4.69) is 36.1 Å². The van der Waals surface area contributed by atoms with Crippen LogP contribution in [0.15, 0.2) is 30.6 Å². The summed E-state index contributed by atoms with van der Waals surface area (Å²) < 4.78 is 7.60. The molecule has 1 aromatic carbocycles. The highest BCUT2D eigenvalue weighted by Crippen LogP contribution is 2.14. The van der Waals surface area contributed by atoms with Gasteiger partial charge in [-0.15, -0.1) is 0 Å². The number of aromatic nitrogens is 3.